The summed E-state index contributed by atoms with van der Waals surface area (Å²) in [6.45, 7) is 15.3. The Bertz CT molecular complexity index is 850. The minimum Gasteiger partial charge on any atom is -0.414 e. The second-order valence-electron chi connectivity index (χ2n) is 14.4. The zero-order chi connectivity index (χ0) is 28.5. The normalized spacial score (nSPS) is 33.6. The Morgan fingerprint density at radius 1 is 1.03 bits per heavy atom. The highest BCUT2D eigenvalue weighted by Crippen LogP contribution is 2.62. The van der Waals surface area contributed by atoms with Gasteiger partial charge in [-0.3, -0.25) is 4.79 Å². The first kappa shape index (κ1) is 31.2. The summed E-state index contributed by atoms with van der Waals surface area (Å²) in [7, 11) is 2.12. The van der Waals surface area contributed by atoms with Crippen LogP contribution in [-0.2, 0) is 18.7 Å². The average molecular weight is 562 g/mol. The van der Waals surface area contributed by atoms with Crippen LogP contribution in [0.25, 0.3) is 0 Å². The van der Waals surface area contributed by atoms with Crippen LogP contribution in [-0.4, -0.2) is 58.3 Å². The summed E-state index contributed by atoms with van der Waals surface area (Å²) in [6.07, 6.45) is 16.0. The van der Waals surface area contributed by atoms with Gasteiger partial charge in [0.05, 0.1) is 11.5 Å². The van der Waals surface area contributed by atoms with E-state index in [9.17, 15) is 4.79 Å². The zero-order valence-electron chi connectivity index (χ0n) is 26.5. The molecule has 1 aliphatic heterocycles. The maximum Gasteiger partial charge on any atom is 0.231 e. The minimum atomic E-state index is -1.63. The van der Waals surface area contributed by atoms with Gasteiger partial charge < -0.3 is 18.8 Å². The first-order chi connectivity index (χ1) is 18.5. The molecule has 6 atom stereocenters. The first-order valence-electron chi connectivity index (χ1n) is 16.3. The fourth-order valence-electron chi connectivity index (χ4n) is 8.80. The fourth-order valence-corrected chi connectivity index (χ4v) is 11.7. The minimum absolute atomic E-state index is 0.0203. The molecule has 224 valence electrons. The number of rotatable bonds is 12. The first-order valence-corrected chi connectivity index (χ1v) is 18.9. The molecule has 3 saturated carbocycles. The summed E-state index contributed by atoms with van der Waals surface area (Å²) in [5.74, 6) is 1.46. The van der Waals surface area contributed by atoms with Crippen LogP contribution >= 0.6 is 0 Å². The molecule has 4 fully saturated rings. The number of fused-ring (bicyclic) bond motifs is 1. The lowest BCUT2D eigenvalue weighted by molar-refractivity contribution is -0.193. The van der Waals surface area contributed by atoms with Gasteiger partial charge in [0, 0.05) is 26.8 Å². The summed E-state index contributed by atoms with van der Waals surface area (Å²) >= 11 is 0. The molecule has 0 radical (unpaired) electrons. The van der Waals surface area contributed by atoms with Crippen LogP contribution < -0.4 is 0 Å². The lowest BCUT2D eigenvalue weighted by atomic mass is 9.58. The molecule has 0 aromatic rings. The standard InChI is InChI=1S/C33H59NO4Si/c1-9-39(10-2,11-3)38-26-15-14-20-32(6)25(26)17-18-27(32)31(4,5)21-19-28(37-29-16-12-13-24-36-29)33(22-23-33)30(35)34(7)8/h19,21,25-29H,9-18,20,22-24H2,1-8H3/b21-19+/t25-,26-,27?,28+,29?,32-/m0/s1. The maximum atomic E-state index is 13.3. The molecule has 1 heterocycles. The largest absolute Gasteiger partial charge is 0.414 e. The molecule has 39 heavy (non-hydrogen) atoms. The Hall–Kier alpha value is -0.693. The number of carbonyl (C=O) groups excluding carboxylic acids is 1. The van der Waals surface area contributed by atoms with Crippen LogP contribution in [0, 0.1) is 28.1 Å². The van der Waals surface area contributed by atoms with Crippen LogP contribution in [0.4, 0.5) is 0 Å². The summed E-state index contributed by atoms with van der Waals surface area (Å²) in [5.41, 5.74) is -0.116. The SMILES string of the molecule is CC[Si](CC)(CC)O[C@H]1CCC[C@]2(C)C(C(C)(C)/C=C/[C@@H](OC3CCCCO3)C3(C(=O)N(C)C)CC3)CC[C@@H]12. The highest BCUT2D eigenvalue weighted by atomic mass is 28.4. The third kappa shape index (κ3) is 6.24. The Kier molecular flexibility index (Phi) is 9.83. The molecule has 0 aromatic heterocycles. The number of carbonyl (C=O) groups is 1. The molecule has 5 nitrogen and oxygen atoms in total. The van der Waals surface area contributed by atoms with E-state index in [1.807, 2.05) is 14.1 Å². The molecular weight excluding hydrogens is 502 g/mol. The van der Waals surface area contributed by atoms with E-state index in [1.54, 1.807) is 4.90 Å². The molecule has 2 unspecified atom stereocenters. The maximum absolute atomic E-state index is 13.3. The summed E-state index contributed by atoms with van der Waals surface area (Å²) in [6, 6.07) is 3.70. The topological polar surface area (TPSA) is 48.0 Å². The number of amides is 1. The number of allylic oxidation sites excluding steroid dienone is 1. The Labute approximate surface area is 240 Å². The van der Waals surface area contributed by atoms with Crippen molar-refractivity contribution < 1.29 is 18.7 Å². The van der Waals surface area contributed by atoms with Crippen molar-refractivity contribution in [2.75, 3.05) is 20.7 Å². The second-order valence-corrected chi connectivity index (χ2v) is 19.1. The lowest BCUT2D eigenvalue weighted by Gasteiger charge is -2.50. The van der Waals surface area contributed by atoms with Gasteiger partial charge >= 0.3 is 0 Å². The van der Waals surface area contributed by atoms with Gasteiger partial charge in [0.25, 0.3) is 0 Å². The molecule has 0 aromatic carbocycles. The van der Waals surface area contributed by atoms with Gasteiger partial charge in [-0.15, -0.1) is 0 Å². The highest BCUT2D eigenvalue weighted by molar-refractivity contribution is 6.73. The van der Waals surface area contributed by atoms with Gasteiger partial charge in [0.2, 0.25) is 5.91 Å². The van der Waals surface area contributed by atoms with E-state index in [4.69, 9.17) is 13.9 Å². The van der Waals surface area contributed by atoms with Gasteiger partial charge in [0.15, 0.2) is 14.6 Å². The van der Waals surface area contributed by atoms with Crippen LogP contribution in [0.3, 0.4) is 0 Å². The fraction of sp³-hybridized carbons (Fsp3) is 0.909. The van der Waals surface area contributed by atoms with Crippen LogP contribution in [0.1, 0.15) is 106 Å². The molecule has 0 bridgehead atoms. The molecule has 4 aliphatic rings. The number of hydrogen-bond donors (Lipinski definition) is 0. The number of hydrogen-bond acceptors (Lipinski definition) is 4. The third-order valence-corrected chi connectivity index (χ3v) is 16.3. The van der Waals surface area contributed by atoms with Gasteiger partial charge in [-0.1, -0.05) is 60.1 Å². The smallest absolute Gasteiger partial charge is 0.231 e. The highest BCUT2D eigenvalue weighted by Gasteiger charge is 2.58. The second kappa shape index (κ2) is 12.3. The molecular formula is C33H59NO4Si. The summed E-state index contributed by atoms with van der Waals surface area (Å²) in [5, 5.41) is 0. The molecule has 0 N–H and O–H groups in total. The van der Waals surface area contributed by atoms with Gasteiger partial charge in [-0.25, -0.2) is 0 Å². The molecule has 4 rings (SSSR count). The number of nitrogens with zero attached hydrogens (tertiary/aromatic N) is 1. The molecule has 3 aliphatic carbocycles. The van der Waals surface area contributed by atoms with Crippen molar-refractivity contribution in [1.29, 1.82) is 0 Å². The molecule has 1 amide bonds. The van der Waals surface area contributed by atoms with Crippen molar-refractivity contribution in [3.63, 3.8) is 0 Å². The summed E-state index contributed by atoms with van der Waals surface area (Å²) in [4.78, 5) is 15.1. The quantitative estimate of drug-likeness (QED) is 0.179. The van der Waals surface area contributed by atoms with Crippen LogP contribution in [0.2, 0.25) is 18.1 Å². The van der Waals surface area contributed by atoms with Crippen molar-refractivity contribution in [2.24, 2.45) is 28.1 Å². The third-order valence-electron chi connectivity index (χ3n) is 11.6. The average Bonchev–Trinajstić information content (AvgIpc) is 3.64. The van der Waals surface area contributed by atoms with Crippen LogP contribution in [0.15, 0.2) is 12.2 Å². The van der Waals surface area contributed by atoms with Crippen molar-refractivity contribution in [3.05, 3.63) is 12.2 Å². The van der Waals surface area contributed by atoms with E-state index in [2.05, 4.69) is 53.7 Å². The summed E-state index contributed by atoms with van der Waals surface area (Å²) < 4.78 is 19.8. The monoisotopic (exact) mass is 561 g/mol. The predicted octanol–water partition coefficient (Wildman–Crippen LogP) is 7.96. The Morgan fingerprint density at radius 2 is 1.72 bits per heavy atom. The number of ether oxygens (including phenoxy) is 2. The van der Waals surface area contributed by atoms with E-state index in [-0.39, 0.29) is 23.7 Å². The Morgan fingerprint density at radius 3 is 2.28 bits per heavy atom. The van der Waals surface area contributed by atoms with Crippen molar-refractivity contribution >= 4 is 14.2 Å². The van der Waals surface area contributed by atoms with E-state index in [0.29, 0.717) is 23.4 Å². The lowest BCUT2D eigenvalue weighted by Crippen LogP contribution is -2.49. The van der Waals surface area contributed by atoms with Gasteiger partial charge in [0.1, 0.15) is 0 Å². The Balaban J connectivity index is 1.54. The van der Waals surface area contributed by atoms with Gasteiger partial charge in [-0.2, -0.15) is 0 Å². The predicted molar refractivity (Wildman–Crippen MR) is 162 cm³/mol. The van der Waals surface area contributed by atoms with E-state index in [1.165, 1.54) is 50.2 Å². The van der Waals surface area contributed by atoms with Crippen molar-refractivity contribution in [1.82, 2.24) is 4.90 Å². The van der Waals surface area contributed by atoms with E-state index in [0.717, 1.165) is 38.7 Å². The molecule has 6 heteroatoms. The van der Waals surface area contributed by atoms with Crippen molar-refractivity contribution in [2.45, 2.75) is 142 Å². The van der Waals surface area contributed by atoms with Gasteiger partial charge in [-0.05, 0) is 98.6 Å². The zero-order valence-corrected chi connectivity index (χ0v) is 27.5. The van der Waals surface area contributed by atoms with E-state index >= 15 is 0 Å². The van der Waals surface area contributed by atoms with E-state index < -0.39 is 13.7 Å². The molecule has 1 saturated heterocycles. The molecule has 0 spiro atoms. The van der Waals surface area contributed by atoms with Crippen molar-refractivity contribution in [3.8, 4) is 0 Å². The van der Waals surface area contributed by atoms with Crippen LogP contribution in [0.5, 0.6) is 0 Å².